The summed E-state index contributed by atoms with van der Waals surface area (Å²) in [5.41, 5.74) is -0.00309. The minimum Gasteiger partial charge on any atom is -0.478 e. The normalized spacial score (nSPS) is 9.83. The number of aromatic carboxylic acids is 1. The average Bonchev–Trinajstić information content (AvgIpc) is 2.57. The smallest absolute Gasteiger partial charge is 0.335 e. The molecule has 1 aromatic heterocycles. The van der Waals surface area contributed by atoms with Crippen LogP contribution in [0, 0.1) is 0 Å². The summed E-state index contributed by atoms with van der Waals surface area (Å²) in [6.45, 7) is 4.00. The number of fused-ring (bicyclic) bond motifs is 1. The minimum atomic E-state index is -1.01. The molecule has 0 spiro atoms. The summed E-state index contributed by atoms with van der Waals surface area (Å²) in [6, 6.07) is 13.1. The number of ether oxygens (including phenoxy) is 1. The number of hydrogen-bond acceptors (Lipinski definition) is 3. The molecule has 5 heteroatoms. The van der Waals surface area contributed by atoms with Crippen molar-refractivity contribution in [3.05, 3.63) is 70.6 Å². The van der Waals surface area contributed by atoms with Crippen LogP contribution in [0.2, 0.25) is 0 Å². The number of rotatable bonds is 3. The van der Waals surface area contributed by atoms with E-state index < -0.39 is 5.97 Å². The van der Waals surface area contributed by atoms with Gasteiger partial charge < -0.3 is 14.8 Å². The Hall–Kier alpha value is -3.08. The number of aromatic nitrogens is 1. The zero-order valence-corrected chi connectivity index (χ0v) is 12.9. The third kappa shape index (κ3) is 3.77. The van der Waals surface area contributed by atoms with Crippen LogP contribution in [-0.2, 0) is 0 Å². The largest absolute Gasteiger partial charge is 0.478 e. The van der Waals surface area contributed by atoms with E-state index in [1.54, 1.807) is 42.6 Å². The number of carbonyl (C=O) groups is 1. The monoisotopic (exact) mass is 311 g/mol. The van der Waals surface area contributed by atoms with Crippen LogP contribution < -0.4 is 10.3 Å². The Balaban J connectivity index is 0.000000924. The van der Waals surface area contributed by atoms with Crippen molar-refractivity contribution in [1.29, 1.82) is 0 Å². The topological polar surface area (TPSA) is 79.4 Å². The Labute approximate surface area is 133 Å². The van der Waals surface area contributed by atoms with Gasteiger partial charge in [-0.1, -0.05) is 19.9 Å². The molecule has 5 nitrogen and oxygen atoms in total. The number of aromatic amines is 1. The molecule has 0 aliphatic rings. The van der Waals surface area contributed by atoms with Gasteiger partial charge in [-0.2, -0.15) is 0 Å². The van der Waals surface area contributed by atoms with Crippen molar-refractivity contribution in [2.75, 3.05) is 0 Å². The predicted molar refractivity (Wildman–Crippen MR) is 89.4 cm³/mol. The van der Waals surface area contributed by atoms with Gasteiger partial charge in [0.15, 0.2) is 0 Å². The molecule has 118 valence electrons. The van der Waals surface area contributed by atoms with Crippen molar-refractivity contribution < 1.29 is 14.6 Å². The highest BCUT2D eigenvalue weighted by Gasteiger charge is 2.06. The van der Waals surface area contributed by atoms with Gasteiger partial charge >= 0.3 is 5.97 Å². The maximum Gasteiger partial charge on any atom is 0.335 e. The average molecular weight is 311 g/mol. The summed E-state index contributed by atoms with van der Waals surface area (Å²) in [6.07, 6.45) is 1.57. The lowest BCUT2D eigenvalue weighted by molar-refractivity contribution is 0.0696. The van der Waals surface area contributed by atoms with Gasteiger partial charge in [0.05, 0.1) is 5.56 Å². The van der Waals surface area contributed by atoms with Crippen molar-refractivity contribution in [3.63, 3.8) is 0 Å². The van der Waals surface area contributed by atoms with Crippen molar-refractivity contribution in [1.82, 2.24) is 4.98 Å². The maximum atomic E-state index is 11.6. The van der Waals surface area contributed by atoms with E-state index in [1.165, 1.54) is 12.1 Å². The molecule has 0 radical (unpaired) electrons. The number of carboxylic acids is 1. The van der Waals surface area contributed by atoms with Crippen molar-refractivity contribution in [2.24, 2.45) is 0 Å². The van der Waals surface area contributed by atoms with E-state index in [0.29, 0.717) is 16.9 Å². The molecule has 0 saturated heterocycles. The first-order valence-electron chi connectivity index (χ1n) is 7.26. The molecule has 0 aliphatic heterocycles. The zero-order chi connectivity index (χ0) is 16.8. The van der Waals surface area contributed by atoms with E-state index >= 15 is 0 Å². The summed E-state index contributed by atoms with van der Waals surface area (Å²) in [5, 5.41) is 10.3. The summed E-state index contributed by atoms with van der Waals surface area (Å²) in [4.78, 5) is 25.1. The number of pyridine rings is 1. The molecule has 2 N–H and O–H groups in total. The second kappa shape index (κ2) is 7.26. The number of nitrogens with one attached hydrogen (secondary N) is 1. The van der Waals surface area contributed by atoms with E-state index in [9.17, 15) is 9.59 Å². The molecule has 1 heterocycles. The van der Waals surface area contributed by atoms with E-state index in [2.05, 4.69) is 4.98 Å². The lowest BCUT2D eigenvalue weighted by Gasteiger charge is -2.07. The second-order valence-electron chi connectivity index (χ2n) is 4.49. The molecule has 0 fully saturated rings. The van der Waals surface area contributed by atoms with Gasteiger partial charge in [0.25, 0.3) is 5.56 Å². The highest BCUT2D eigenvalue weighted by Crippen LogP contribution is 2.25. The van der Waals surface area contributed by atoms with E-state index in [1.807, 2.05) is 13.8 Å². The first-order chi connectivity index (χ1) is 11.1. The Morgan fingerprint density at radius 2 is 1.78 bits per heavy atom. The van der Waals surface area contributed by atoms with Crippen molar-refractivity contribution in [2.45, 2.75) is 13.8 Å². The van der Waals surface area contributed by atoms with Gasteiger partial charge in [-0.25, -0.2) is 4.79 Å². The Morgan fingerprint density at radius 1 is 1.04 bits per heavy atom. The van der Waals surface area contributed by atoms with Crippen molar-refractivity contribution >= 4 is 16.7 Å². The zero-order valence-electron chi connectivity index (χ0n) is 12.9. The Bertz CT molecular complexity index is 883. The van der Waals surface area contributed by atoms with Crippen LogP contribution in [0.1, 0.15) is 24.2 Å². The SMILES string of the molecule is CC.O=C(O)c1cccc(Oc2ccc3c(=O)[nH]ccc3c2)c1. The summed E-state index contributed by atoms with van der Waals surface area (Å²) in [7, 11) is 0. The van der Waals surface area contributed by atoms with Crippen LogP contribution in [0.25, 0.3) is 10.8 Å². The molecule has 0 bridgehead atoms. The van der Waals surface area contributed by atoms with E-state index in [-0.39, 0.29) is 11.1 Å². The third-order valence-electron chi connectivity index (χ3n) is 3.06. The number of benzene rings is 2. The molecule has 0 unspecified atom stereocenters. The summed E-state index contributed by atoms with van der Waals surface area (Å²) >= 11 is 0. The molecule has 3 rings (SSSR count). The van der Waals surface area contributed by atoms with Gasteiger partial charge in [0.2, 0.25) is 0 Å². The van der Waals surface area contributed by atoms with Gasteiger partial charge in [-0.05, 0) is 47.9 Å². The molecule has 3 aromatic rings. The molecule has 23 heavy (non-hydrogen) atoms. The fourth-order valence-corrected chi connectivity index (χ4v) is 2.06. The van der Waals surface area contributed by atoms with E-state index in [0.717, 1.165) is 5.39 Å². The van der Waals surface area contributed by atoms with Crippen LogP contribution in [0.4, 0.5) is 0 Å². The lowest BCUT2D eigenvalue weighted by Crippen LogP contribution is -2.03. The molecule has 0 atom stereocenters. The fraction of sp³-hybridized carbons (Fsp3) is 0.111. The Kier molecular flexibility index (Phi) is 5.15. The van der Waals surface area contributed by atoms with Gasteiger partial charge in [0.1, 0.15) is 11.5 Å². The van der Waals surface area contributed by atoms with Gasteiger partial charge in [-0.15, -0.1) is 0 Å². The van der Waals surface area contributed by atoms with Crippen molar-refractivity contribution in [3.8, 4) is 11.5 Å². The summed E-state index contributed by atoms with van der Waals surface area (Å²) < 4.78 is 5.64. The van der Waals surface area contributed by atoms with E-state index in [4.69, 9.17) is 9.84 Å². The highest BCUT2D eigenvalue weighted by atomic mass is 16.5. The van der Waals surface area contributed by atoms with Gasteiger partial charge in [-0.3, -0.25) is 4.79 Å². The standard InChI is InChI=1S/C16H11NO4.C2H6/c18-15-14-5-4-13(8-10(14)6-7-17-15)21-12-3-1-2-11(9-12)16(19)20;1-2/h1-9H,(H,17,18)(H,19,20);1-2H3. The van der Waals surface area contributed by atoms with Gasteiger partial charge in [0, 0.05) is 11.6 Å². The Morgan fingerprint density at radius 3 is 2.52 bits per heavy atom. The fourth-order valence-electron chi connectivity index (χ4n) is 2.06. The quantitative estimate of drug-likeness (QED) is 0.765. The molecular weight excluding hydrogens is 294 g/mol. The molecular formula is C18H17NO4. The number of H-pyrrole nitrogens is 1. The lowest BCUT2D eigenvalue weighted by atomic mass is 10.1. The molecule has 0 aliphatic carbocycles. The van der Waals surface area contributed by atoms with Crippen LogP contribution >= 0.6 is 0 Å². The molecule has 0 amide bonds. The first kappa shape index (κ1) is 16.3. The molecule has 0 saturated carbocycles. The first-order valence-corrected chi connectivity index (χ1v) is 7.26. The third-order valence-corrected chi connectivity index (χ3v) is 3.06. The van der Waals surface area contributed by atoms with Crippen LogP contribution in [0.3, 0.4) is 0 Å². The predicted octanol–water partition coefficient (Wildman–Crippen LogP) is 4.04. The highest BCUT2D eigenvalue weighted by molar-refractivity contribution is 5.88. The van der Waals surface area contributed by atoms with Crippen LogP contribution in [-0.4, -0.2) is 16.1 Å². The summed E-state index contributed by atoms with van der Waals surface area (Å²) in [5.74, 6) is -0.0415. The van der Waals surface area contributed by atoms with Crippen LogP contribution in [0.15, 0.2) is 59.5 Å². The second-order valence-corrected chi connectivity index (χ2v) is 4.49. The number of carboxylic acid groups (broad SMARTS) is 1. The number of hydrogen-bond donors (Lipinski definition) is 2. The maximum absolute atomic E-state index is 11.6. The minimum absolute atomic E-state index is 0.157. The van der Waals surface area contributed by atoms with Crippen LogP contribution in [0.5, 0.6) is 11.5 Å². The molecule has 2 aromatic carbocycles.